The smallest absolute Gasteiger partial charge is 0.321 e. The highest BCUT2D eigenvalue weighted by molar-refractivity contribution is 5.92. The second-order valence-electron chi connectivity index (χ2n) is 6.21. The largest absolute Gasteiger partial charge is 0.329 e. The van der Waals surface area contributed by atoms with Crippen LogP contribution < -0.4 is 32.3 Å². The van der Waals surface area contributed by atoms with Crippen LogP contribution in [0.15, 0.2) is 36.5 Å². The van der Waals surface area contributed by atoms with E-state index in [-0.39, 0.29) is 24.5 Å². The van der Waals surface area contributed by atoms with E-state index in [9.17, 15) is 4.79 Å². The van der Waals surface area contributed by atoms with Crippen LogP contribution >= 0.6 is 0 Å². The number of anilines is 1. The van der Waals surface area contributed by atoms with Crippen molar-refractivity contribution < 1.29 is 4.79 Å². The Morgan fingerprint density at radius 3 is 3.08 bits per heavy atom. The van der Waals surface area contributed by atoms with Crippen LogP contribution in [0.5, 0.6) is 0 Å². The Bertz CT molecular complexity index is 723. The molecule has 1 aliphatic heterocycles. The lowest BCUT2D eigenvalue weighted by molar-refractivity contribution is 0.194. The summed E-state index contributed by atoms with van der Waals surface area (Å²) in [6, 6.07) is 9.45. The van der Waals surface area contributed by atoms with Gasteiger partial charge in [-0.2, -0.15) is 0 Å². The molecular formula is C17H25N7O. The first-order valence-electron chi connectivity index (χ1n) is 8.52. The maximum Gasteiger partial charge on any atom is 0.321 e. The van der Waals surface area contributed by atoms with Gasteiger partial charge in [0.05, 0.1) is 11.7 Å². The van der Waals surface area contributed by atoms with Crippen LogP contribution in [-0.4, -0.2) is 42.6 Å². The maximum atomic E-state index is 12.3. The zero-order valence-corrected chi connectivity index (χ0v) is 14.3. The van der Waals surface area contributed by atoms with Crippen molar-refractivity contribution >= 4 is 22.6 Å². The molecule has 3 atom stereocenters. The number of nitrogens with two attached hydrogens (primary N) is 1. The number of hydrogen-bond acceptors (Lipinski definition) is 6. The van der Waals surface area contributed by atoms with Crippen LogP contribution in [0.25, 0.3) is 10.9 Å². The summed E-state index contributed by atoms with van der Waals surface area (Å²) in [6.45, 7) is 3.39. The minimum atomic E-state index is -0.318. The quantitative estimate of drug-likeness (QED) is 0.471. The molecule has 3 unspecified atom stereocenters. The maximum absolute atomic E-state index is 12.3. The molecular weight excluding hydrogens is 318 g/mol. The number of benzene rings is 1. The molecule has 8 nitrogen and oxygen atoms in total. The fraction of sp³-hybridized carbons (Fsp3) is 0.412. The van der Waals surface area contributed by atoms with E-state index in [2.05, 4.69) is 38.5 Å². The number of rotatable bonds is 5. The van der Waals surface area contributed by atoms with E-state index < -0.39 is 0 Å². The van der Waals surface area contributed by atoms with Gasteiger partial charge < -0.3 is 21.7 Å². The summed E-state index contributed by atoms with van der Waals surface area (Å²) in [7, 11) is 0. The first kappa shape index (κ1) is 17.6. The molecule has 1 aliphatic rings. The molecule has 1 fully saturated rings. The fourth-order valence-electron chi connectivity index (χ4n) is 2.96. The van der Waals surface area contributed by atoms with Gasteiger partial charge in [0.2, 0.25) is 0 Å². The molecule has 3 rings (SSSR count). The number of carbonyl (C=O) groups excluding carboxylic acids is 1. The van der Waals surface area contributed by atoms with E-state index in [1.54, 1.807) is 6.20 Å². The number of carbonyl (C=O) groups is 1. The van der Waals surface area contributed by atoms with Crippen molar-refractivity contribution in [3.8, 4) is 0 Å². The van der Waals surface area contributed by atoms with E-state index in [4.69, 9.17) is 5.73 Å². The summed E-state index contributed by atoms with van der Waals surface area (Å²) in [6.07, 6.45) is 2.45. The van der Waals surface area contributed by atoms with Gasteiger partial charge in [0.15, 0.2) is 0 Å². The Balaban J connectivity index is 1.57. The minimum Gasteiger partial charge on any atom is -0.329 e. The van der Waals surface area contributed by atoms with Crippen molar-refractivity contribution in [1.29, 1.82) is 0 Å². The molecule has 2 aromatic rings. The number of urea groups is 1. The van der Waals surface area contributed by atoms with E-state index in [0.717, 1.165) is 29.6 Å². The zero-order valence-electron chi connectivity index (χ0n) is 14.3. The molecule has 134 valence electrons. The minimum absolute atomic E-state index is 0.108. The summed E-state index contributed by atoms with van der Waals surface area (Å²) in [5.41, 5.74) is 7.15. The van der Waals surface area contributed by atoms with Gasteiger partial charge in [-0.1, -0.05) is 6.07 Å². The Morgan fingerprint density at radius 1 is 1.36 bits per heavy atom. The number of nitrogens with zero attached hydrogens (tertiary/aromatic N) is 1. The molecule has 0 bridgehead atoms. The molecule has 0 radical (unpaired) electrons. The zero-order chi connectivity index (χ0) is 17.6. The molecule has 0 spiro atoms. The lowest BCUT2D eigenvalue weighted by Gasteiger charge is -2.36. The number of amides is 2. The summed E-state index contributed by atoms with van der Waals surface area (Å²) in [4.78, 5) is 16.6. The Kier molecular flexibility index (Phi) is 5.77. The Hall–Kier alpha value is -2.26. The van der Waals surface area contributed by atoms with Gasteiger partial charge in [0, 0.05) is 36.4 Å². The highest BCUT2D eigenvalue weighted by atomic mass is 16.2. The third kappa shape index (κ3) is 4.86. The van der Waals surface area contributed by atoms with Gasteiger partial charge in [-0.3, -0.25) is 15.6 Å². The second-order valence-corrected chi connectivity index (χ2v) is 6.21. The van der Waals surface area contributed by atoms with Crippen LogP contribution in [-0.2, 0) is 0 Å². The molecule has 2 amide bonds. The van der Waals surface area contributed by atoms with E-state index >= 15 is 0 Å². The Morgan fingerprint density at radius 2 is 2.24 bits per heavy atom. The van der Waals surface area contributed by atoms with Gasteiger partial charge in [-0.15, -0.1) is 0 Å². The van der Waals surface area contributed by atoms with Crippen molar-refractivity contribution in [3.63, 3.8) is 0 Å². The summed E-state index contributed by atoms with van der Waals surface area (Å²) in [5, 5.41) is 16.7. The average Bonchev–Trinajstić information content (AvgIpc) is 2.59. The van der Waals surface area contributed by atoms with Crippen molar-refractivity contribution in [1.82, 2.24) is 26.3 Å². The average molecular weight is 343 g/mol. The molecule has 0 saturated carbocycles. The highest BCUT2D eigenvalue weighted by Gasteiger charge is 2.25. The standard InChI is InChI=1S/C17H25N7O/c1-11-9-15(20-8-6-18)23-16(21-11)24-17(25)22-13-4-5-14-12(10-13)3-2-7-19-14/h2-5,7,10-11,15-16,20-21,23H,6,8-9,18H2,1H3,(H2,22,24,25). The van der Waals surface area contributed by atoms with Crippen LogP contribution in [0.2, 0.25) is 0 Å². The topological polar surface area (TPSA) is 116 Å². The fourth-order valence-corrected chi connectivity index (χ4v) is 2.96. The first-order valence-corrected chi connectivity index (χ1v) is 8.52. The van der Waals surface area contributed by atoms with Crippen molar-refractivity contribution in [2.45, 2.75) is 31.8 Å². The first-order chi connectivity index (χ1) is 12.1. The van der Waals surface area contributed by atoms with Crippen molar-refractivity contribution in [2.75, 3.05) is 18.4 Å². The van der Waals surface area contributed by atoms with Gasteiger partial charge in [-0.25, -0.2) is 4.79 Å². The number of pyridine rings is 1. The number of nitrogens with one attached hydrogen (secondary N) is 5. The monoisotopic (exact) mass is 343 g/mol. The molecule has 1 saturated heterocycles. The third-order valence-corrected chi connectivity index (χ3v) is 4.08. The lowest BCUT2D eigenvalue weighted by Crippen LogP contribution is -2.68. The van der Waals surface area contributed by atoms with Crippen molar-refractivity contribution in [2.24, 2.45) is 5.73 Å². The van der Waals surface area contributed by atoms with Gasteiger partial charge in [0.25, 0.3) is 0 Å². The molecule has 0 aliphatic carbocycles. The normalized spacial score (nSPS) is 23.4. The van der Waals surface area contributed by atoms with E-state index in [1.807, 2.05) is 30.3 Å². The molecule has 8 heteroatoms. The van der Waals surface area contributed by atoms with Gasteiger partial charge in [-0.05, 0) is 37.6 Å². The van der Waals surface area contributed by atoms with Gasteiger partial charge in [0.1, 0.15) is 6.29 Å². The lowest BCUT2D eigenvalue weighted by atomic mass is 10.1. The number of aromatic nitrogens is 1. The number of hydrogen-bond donors (Lipinski definition) is 6. The van der Waals surface area contributed by atoms with Crippen LogP contribution in [0, 0.1) is 0 Å². The highest BCUT2D eigenvalue weighted by Crippen LogP contribution is 2.16. The SMILES string of the molecule is CC1CC(NCCN)NC(NC(=O)Nc2ccc3ncccc3c2)N1. The molecule has 1 aromatic carbocycles. The van der Waals surface area contributed by atoms with Crippen LogP contribution in [0.1, 0.15) is 13.3 Å². The van der Waals surface area contributed by atoms with E-state index in [0.29, 0.717) is 6.54 Å². The molecule has 25 heavy (non-hydrogen) atoms. The summed E-state index contributed by atoms with van der Waals surface area (Å²) < 4.78 is 0. The number of fused-ring (bicyclic) bond motifs is 1. The molecule has 1 aromatic heterocycles. The molecule has 2 heterocycles. The summed E-state index contributed by atoms with van der Waals surface area (Å²) >= 11 is 0. The predicted octanol–water partition coefficient (Wildman–Crippen LogP) is 0.486. The van der Waals surface area contributed by atoms with Crippen LogP contribution in [0.4, 0.5) is 10.5 Å². The van der Waals surface area contributed by atoms with Crippen molar-refractivity contribution in [3.05, 3.63) is 36.5 Å². The summed E-state index contributed by atoms with van der Waals surface area (Å²) in [5.74, 6) is 0. The van der Waals surface area contributed by atoms with E-state index in [1.165, 1.54) is 0 Å². The Labute approximate surface area is 146 Å². The van der Waals surface area contributed by atoms with Gasteiger partial charge >= 0.3 is 6.03 Å². The molecule has 7 N–H and O–H groups in total. The third-order valence-electron chi connectivity index (χ3n) is 4.08. The predicted molar refractivity (Wildman–Crippen MR) is 98.9 cm³/mol. The second kappa shape index (κ2) is 8.21. The van der Waals surface area contributed by atoms with Crippen LogP contribution in [0.3, 0.4) is 0 Å².